The third-order valence-corrected chi connectivity index (χ3v) is 4.05. The fourth-order valence-electron chi connectivity index (χ4n) is 2.66. The summed E-state index contributed by atoms with van der Waals surface area (Å²) in [7, 11) is 1.82. The first-order valence-electron chi connectivity index (χ1n) is 8.16. The summed E-state index contributed by atoms with van der Waals surface area (Å²) >= 11 is 0. The molecule has 0 unspecified atom stereocenters. The van der Waals surface area contributed by atoms with Crippen LogP contribution < -0.4 is 10.6 Å². The molecule has 2 aromatic rings. The Balaban J connectivity index is 2.20. The minimum absolute atomic E-state index is 0.216. The first kappa shape index (κ1) is 17.0. The van der Waals surface area contributed by atoms with E-state index < -0.39 is 0 Å². The molecule has 0 aliphatic heterocycles. The van der Waals surface area contributed by atoms with Gasteiger partial charge in [0, 0.05) is 7.05 Å². The van der Waals surface area contributed by atoms with Gasteiger partial charge in [-0.25, -0.2) is 4.98 Å². The van der Waals surface area contributed by atoms with E-state index in [4.69, 9.17) is 0 Å². The molecule has 0 aromatic carbocycles. The summed E-state index contributed by atoms with van der Waals surface area (Å²) in [5, 5.41) is 10.4. The van der Waals surface area contributed by atoms with Crippen LogP contribution in [0, 0.1) is 0 Å². The molecule has 6 nitrogen and oxygen atoms in total. The van der Waals surface area contributed by atoms with Gasteiger partial charge in [-0.05, 0) is 31.4 Å². The van der Waals surface area contributed by atoms with E-state index in [1.54, 1.807) is 18.5 Å². The SMILES string of the molecule is CCc1c(NC(=O)c2ccc(NC)cn2)cnn1C(CC)CC. The molecule has 0 saturated heterocycles. The van der Waals surface area contributed by atoms with Crippen LogP contribution in [0.4, 0.5) is 11.4 Å². The Morgan fingerprint density at radius 1 is 1.22 bits per heavy atom. The molecule has 2 aromatic heterocycles. The number of pyridine rings is 1. The molecule has 2 heterocycles. The lowest BCUT2D eigenvalue weighted by molar-refractivity contribution is 0.102. The number of carbonyl (C=O) groups excluding carboxylic acids is 1. The monoisotopic (exact) mass is 315 g/mol. The molecule has 0 fully saturated rings. The zero-order chi connectivity index (χ0) is 16.8. The Kier molecular flexibility index (Phi) is 5.73. The van der Waals surface area contributed by atoms with Gasteiger partial charge in [0.05, 0.1) is 35.5 Å². The topological polar surface area (TPSA) is 71.8 Å². The van der Waals surface area contributed by atoms with Gasteiger partial charge in [0.1, 0.15) is 5.69 Å². The second kappa shape index (κ2) is 7.76. The third kappa shape index (κ3) is 3.70. The molecule has 0 aliphatic carbocycles. The third-order valence-electron chi connectivity index (χ3n) is 4.05. The summed E-state index contributed by atoms with van der Waals surface area (Å²) in [6, 6.07) is 3.90. The Hall–Kier alpha value is -2.37. The molecule has 0 radical (unpaired) electrons. The normalized spacial score (nSPS) is 10.8. The molecule has 2 rings (SSSR count). The van der Waals surface area contributed by atoms with Crippen molar-refractivity contribution in [2.45, 2.75) is 46.1 Å². The lowest BCUT2D eigenvalue weighted by Gasteiger charge is -2.17. The maximum atomic E-state index is 12.4. The van der Waals surface area contributed by atoms with E-state index in [1.165, 1.54) is 0 Å². The van der Waals surface area contributed by atoms with Crippen molar-refractivity contribution in [1.82, 2.24) is 14.8 Å². The van der Waals surface area contributed by atoms with Gasteiger partial charge in [0.25, 0.3) is 5.91 Å². The van der Waals surface area contributed by atoms with Gasteiger partial charge >= 0.3 is 0 Å². The minimum Gasteiger partial charge on any atom is -0.387 e. The molecular weight excluding hydrogens is 290 g/mol. The van der Waals surface area contributed by atoms with Gasteiger partial charge in [-0.15, -0.1) is 0 Å². The van der Waals surface area contributed by atoms with E-state index in [0.29, 0.717) is 11.7 Å². The first-order chi connectivity index (χ1) is 11.1. The highest BCUT2D eigenvalue weighted by Gasteiger charge is 2.17. The highest BCUT2D eigenvalue weighted by molar-refractivity contribution is 6.03. The molecule has 0 saturated carbocycles. The lowest BCUT2D eigenvalue weighted by atomic mass is 10.1. The molecule has 0 aliphatic rings. The van der Waals surface area contributed by atoms with Crippen molar-refractivity contribution in [2.24, 2.45) is 0 Å². The largest absolute Gasteiger partial charge is 0.387 e. The van der Waals surface area contributed by atoms with Crippen molar-refractivity contribution in [3.63, 3.8) is 0 Å². The van der Waals surface area contributed by atoms with Crippen LogP contribution in [0.15, 0.2) is 24.5 Å². The lowest BCUT2D eigenvalue weighted by Crippen LogP contribution is -2.16. The average molecular weight is 315 g/mol. The van der Waals surface area contributed by atoms with Gasteiger partial charge < -0.3 is 10.6 Å². The summed E-state index contributed by atoms with van der Waals surface area (Å²) in [6.45, 7) is 6.38. The summed E-state index contributed by atoms with van der Waals surface area (Å²) in [4.78, 5) is 16.5. The van der Waals surface area contributed by atoms with Crippen molar-refractivity contribution < 1.29 is 4.79 Å². The van der Waals surface area contributed by atoms with Gasteiger partial charge in [0.2, 0.25) is 0 Å². The number of aromatic nitrogens is 3. The zero-order valence-electron chi connectivity index (χ0n) is 14.3. The van der Waals surface area contributed by atoms with Crippen LogP contribution in [0.1, 0.15) is 55.8 Å². The molecular formula is C17H25N5O. The predicted molar refractivity (Wildman–Crippen MR) is 93.0 cm³/mol. The Morgan fingerprint density at radius 2 is 1.96 bits per heavy atom. The second-order valence-electron chi connectivity index (χ2n) is 5.41. The highest BCUT2D eigenvalue weighted by atomic mass is 16.1. The Morgan fingerprint density at radius 3 is 2.48 bits per heavy atom. The number of amides is 1. The van der Waals surface area contributed by atoms with Crippen molar-refractivity contribution in [3.8, 4) is 0 Å². The maximum absolute atomic E-state index is 12.4. The summed E-state index contributed by atoms with van der Waals surface area (Å²) < 4.78 is 2.03. The van der Waals surface area contributed by atoms with E-state index >= 15 is 0 Å². The Labute approximate surface area is 137 Å². The van der Waals surface area contributed by atoms with E-state index in [0.717, 1.165) is 36.3 Å². The van der Waals surface area contributed by atoms with Crippen molar-refractivity contribution in [3.05, 3.63) is 35.9 Å². The van der Waals surface area contributed by atoms with Crippen molar-refractivity contribution in [1.29, 1.82) is 0 Å². The van der Waals surface area contributed by atoms with Crippen molar-refractivity contribution in [2.75, 3.05) is 17.7 Å². The van der Waals surface area contributed by atoms with Crippen LogP contribution in [0.2, 0.25) is 0 Å². The molecule has 6 heteroatoms. The molecule has 23 heavy (non-hydrogen) atoms. The standard InChI is InChI=1S/C17H25N5O/c1-5-13(6-2)22-16(7-3)15(11-20-22)21-17(23)14-9-8-12(18-4)10-19-14/h8-11,13,18H,5-7H2,1-4H3,(H,21,23). The maximum Gasteiger partial charge on any atom is 0.274 e. The Bertz CT molecular complexity index is 644. The molecule has 0 bridgehead atoms. The molecule has 2 N–H and O–H groups in total. The van der Waals surface area contributed by atoms with Crippen LogP contribution in [-0.4, -0.2) is 27.7 Å². The number of hydrogen-bond acceptors (Lipinski definition) is 4. The van der Waals surface area contributed by atoms with Gasteiger partial charge in [-0.1, -0.05) is 20.8 Å². The van der Waals surface area contributed by atoms with E-state index in [1.807, 2.05) is 17.8 Å². The van der Waals surface area contributed by atoms with E-state index in [2.05, 4.69) is 41.5 Å². The summed E-state index contributed by atoms with van der Waals surface area (Å²) in [5.41, 5.74) is 3.08. The van der Waals surface area contributed by atoms with E-state index in [-0.39, 0.29) is 5.91 Å². The number of hydrogen-bond donors (Lipinski definition) is 2. The quantitative estimate of drug-likeness (QED) is 0.820. The number of anilines is 2. The number of carbonyl (C=O) groups is 1. The smallest absolute Gasteiger partial charge is 0.274 e. The summed E-state index contributed by atoms with van der Waals surface area (Å²) in [6.07, 6.45) is 6.23. The number of nitrogens with zero attached hydrogens (tertiary/aromatic N) is 3. The molecule has 0 atom stereocenters. The number of nitrogens with one attached hydrogen (secondary N) is 2. The van der Waals surface area contributed by atoms with Crippen LogP contribution in [0.3, 0.4) is 0 Å². The van der Waals surface area contributed by atoms with Crippen LogP contribution in [-0.2, 0) is 6.42 Å². The fourth-order valence-corrected chi connectivity index (χ4v) is 2.66. The average Bonchev–Trinajstić information content (AvgIpc) is 2.98. The van der Waals surface area contributed by atoms with Gasteiger partial charge in [-0.2, -0.15) is 5.10 Å². The fraction of sp³-hybridized carbons (Fsp3) is 0.471. The second-order valence-corrected chi connectivity index (χ2v) is 5.41. The van der Waals surface area contributed by atoms with Gasteiger partial charge in [-0.3, -0.25) is 9.48 Å². The van der Waals surface area contributed by atoms with Crippen LogP contribution in [0.5, 0.6) is 0 Å². The molecule has 124 valence electrons. The highest BCUT2D eigenvalue weighted by Crippen LogP contribution is 2.24. The number of rotatable bonds is 7. The van der Waals surface area contributed by atoms with Gasteiger partial charge in [0.15, 0.2) is 0 Å². The van der Waals surface area contributed by atoms with Crippen molar-refractivity contribution >= 4 is 17.3 Å². The van der Waals surface area contributed by atoms with Crippen LogP contribution >= 0.6 is 0 Å². The zero-order valence-corrected chi connectivity index (χ0v) is 14.3. The first-order valence-corrected chi connectivity index (χ1v) is 8.16. The molecule has 0 spiro atoms. The summed E-state index contributed by atoms with van der Waals surface area (Å²) in [5.74, 6) is -0.216. The molecule has 1 amide bonds. The predicted octanol–water partition coefficient (Wildman–Crippen LogP) is 3.50. The van der Waals surface area contributed by atoms with E-state index in [9.17, 15) is 4.79 Å². The minimum atomic E-state index is -0.216. The van der Waals surface area contributed by atoms with Crippen LogP contribution in [0.25, 0.3) is 0 Å².